The van der Waals surface area contributed by atoms with Gasteiger partial charge >= 0.3 is 5.97 Å². The Morgan fingerprint density at radius 2 is 1.32 bits per heavy atom. The average Bonchev–Trinajstić information content (AvgIpc) is 3.27. The van der Waals surface area contributed by atoms with Gasteiger partial charge in [-0.25, -0.2) is 4.98 Å². The summed E-state index contributed by atoms with van der Waals surface area (Å²) in [6.07, 6.45) is 0.403. The number of aldehydes is 1. The van der Waals surface area contributed by atoms with Gasteiger partial charge in [-0.15, -0.1) is 11.3 Å². The molecule has 1 aromatic heterocycles. The van der Waals surface area contributed by atoms with E-state index < -0.39 is 17.4 Å². The highest BCUT2D eigenvalue weighted by molar-refractivity contribution is 7.13. The molecule has 1 unspecified atom stereocenters. The Morgan fingerprint density at radius 3 is 1.71 bits per heavy atom. The lowest BCUT2D eigenvalue weighted by atomic mass is 9.77. The van der Waals surface area contributed by atoms with Crippen molar-refractivity contribution in [1.29, 1.82) is 0 Å². The second-order valence-corrected chi connectivity index (χ2v) is 7.86. The van der Waals surface area contributed by atoms with E-state index in [0.29, 0.717) is 11.4 Å². The molecule has 5 nitrogen and oxygen atoms in total. The number of anilines is 1. The van der Waals surface area contributed by atoms with E-state index in [9.17, 15) is 14.7 Å². The van der Waals surface area contributed by atoms with Crippen molar-refractivity contribution in [3.05, 3.63) is 119 Å². The molecule has 0 radical (unpaired) electrons. The van der Waals surface area contributed by atoms with Gasteiger partial charge < -0.3 is 15.2 Å². The SMILES string of the molecule is O=CC(C(=O)O)c1csc(NC(c2ccccc2)(c2ccccc2)c2ccccc2)n1. The molecular weight excluding hydrogens is 408 g/mol. The van der Waals surface area contributed by atoms with Crippen molar-refractivity contribution in [2.45, 2.75) is 11.5 Å². The van der Waals surface area contributed by atoms with E-state index in [2.05, 4.69) is 10.3 Å². The van der Waals surface area contributed by atoms with Crippen molar-refractivity contribution in [3.63, 3.8) is 0 Å². The number of nitrogens with one attached hydrogen (secondary N) is 1. The van der Waals surface area contributed by atoms with E-state index in [4.69, 9.17) is 0 Å². The highest BCUT2D eigenvalue weighted by atomic mass is 32.1. The van der Waals surface area contributed by atoms with Crippen molar-refractivity contribution >= 4 is 28.7 Å². The lowest BCUT2D eigenvalue weighted by Crippen LogP contribution is -2.38. The van der Waals surface area contributed by atoms with Crippen LogP contribution in [0.2, 0.25) is 0 Å². The number of nitrogens with zero attached hydrogens (tertiary/aromatic N) is 1. The van der Waals surface area contributed by atoms with Gasteiger partial charge in [-0.1, -0.05) is 91.0 Å². The van der Waals surface area contributed by atoms with Crippen LogP contribution in [0.3, 0.4) is 0 Å². The molecule has 0 aliphatic carbocycles. The fraction of sp³-hybridized carbons (Fsp3) is 0.0800. The largest absolute Gasteiger partial charge is 0.480 e. The fourth-order valence-electron chi connectivity index (χ4n) is 3.68. The first-order valence-electron chi connectivity index (χ1n) is 9.73. The number of carbonyl (C=O) groups excluding carboxylic acids is 1. The average molecular weight is 429 g/mol. The Kier molecular flexibility index (Phi) is 5.91. The summed E-state index contributed by atoms with van der Waals surface area (Å²) in [6, 6.07) is 30.1. The zero-order valence-corrected chi connectivity index (χ0v) is 17.3. The number of carboxylic acids is 1. The summed E-state index contributed by atoms with van der Waals surface area (Å²) >= 11 is 1.28. The van der Waals surface area contributed by atoms with Gasteiger partial charge in [-0.05, 0) is 16.7 Å². The van der Waals surface area contributed by atoms with E-state index in [1.807, 2.05) is 91.0 Å². The Bertz CT molecular complexity index is 1060. The number of aliphatic carboxylic acids is 1. The summed E-state index contributed by atoms with van der Waals surface area (Å²) in [5.41, 5.74) is 2.48. The molecule has 154 valence electrons. The highest BCUT2D eigenvalue weighted by Gasteiger charge is 2.37. The van der Waals surface area contributed by atoms with Gasteiger partial charge in [-0.3, -0.25) is 4.79 Å². The molecule has 0 spiro atoms. The molecule has 4 aromatic rings. The van der Waals surface area contributed by atoms with Crippen LogP contribution in [0.4, 0.5) is 5.13 Å². The minimum Gasteiger partial charge on any atom is -0.480 e. The van der Waals surface area contributed by atoms with Crippen LogP contribution in [0.5, 0.6) is 0 Å². The number of benzene rings is 3. The van der Waals surface area contributed by atoms with E-state index in [1.165, 1.54) is 11.3 Å². The van der Waals surface area contributed by atoms with Gasteiger partial charge in [0.25, 0.3) is 0 Å². The molecule has 0 aliphatic heterocycles. The van der Waals surface area contributed by atoms with Gasteiger partial charge in [0.2, 0.25) is 0 Å². The molecule has 0 fully saturated rings. The zero-order valence-electron chi connectivity index (χ0n) is 16.5. The van der Waals surface area contributed by atoms with E-state index in [1.54, 1.807) is 5.38 Å². The third-order valence-corrected chi connectivity index (χ3v) is 5.93. The van der Waals surface area contributed by atoms with Crippen LogP contribution in [0.25, 0.3) is 0 Å². The molecule has 0 bridgehead atoms. The summed E-state index contributed by atoms with van der Waals surface area (Å²) in [4.78, 5) is 27.1. The van der Waals surface area contributed by atoms with Crippen LogP contribution in [0, 0.1) is 0 Å². The summed E-state index contributed by atoms with van der Waals surface area (Å²) in [6.45, 7) is 0. The summed E-state index contributed by atoms with van der Waals surface area (Å²) in [7, 11) is 0. The summed E-state index contributed by atoms with van der Waals surface area (Å²) < 4.78 is 0. The van der Waals surface area contributed by atoms with Crippen LogP contribution in [0.1, 0.15) is 28.3 Å². The summed E-state index contributed by atoms with van der Waals surface area (Å²) in [5, 5.41) is 15.0. The number of hydrogen-bond acceptors (Lipinski definition) is 5. The Balaban J connectivity index is 1.90. The van der Waals surface area contributed by atoms with Crippen molar-refractivity contribution in [3.8, 4) is 0 Å². The molecular formula is C25H20N2O3S. The molecule has 4 rings (SSSR count). The standard InChI is InChI=1S/C25H20N2O3S/c28-16-21(23(29)30)22-17-31-24(26-22)27-25(18-10-4-1-5-11-18,19-12-6-2-7-13-19)20-14-8-3-9-15-20/h1-17,21H,(H,26,27)(H,29,30). The van der Waals surface area contributed by atoms with Crippen LogP contribution < -0.4 is 5.32 Å². The second-order valence-electron chi connectivity index (χ2n) is 7.00. The van der Waals surface area contributed by atoms with Gasteiger partial charge in [0.15, 0.2) is 11.0 Å². The first-order valence-corrected chi connectivity index (χ1v) is 10.6. The molecule has 1 heterocycles. The number of carbonyl (C=O) groups is 2. The minimum atomic E-state index is -1.29. The molecule has 0 saturated heterocycles. The van der Waals surface area contributed by atoms with Gasteiger partial charge in [0, 0.05) is 5.38 Å². The van der Waals surface area contributed by atoms with Gasteiger partial charge in [-0.2, -0.15) is 0 Å². The molecule has 1 atom stereocenters. The van der Waals surface area contributed by atoms with Crippen molar-refractivity contribution in [2.24, 2.45) is 0 Å². The number of rotatable bonds is 8. The molecule has 3 aromatic carbocycles. The first-order chi connectivity index (χ1) is 15.1. The van der Waals surface area contributed by atoms with E-state index >= 15 is 0 Å². The normalized spacial score (nSPS) is 12.1. The second kappa shape index (κ2) is 8.93. The molecule has 2 N–H and O–H groups in total. The molecule has 31 heavy (non-hydrogen) atoms. The first kappa shape index (κ1) is 20.5. The Morgan fingerprint density at radius 1 is 0.871 bits per heavy atom. The predicted molar refractivity (Wildman–Crippen MR) is 121 cm³/mol. The zero-order chi connectivity index (χ0) is 21.7. The van der Waals surface area contributed by atoms with Crippen molar-refractivity contribution < 1.29 is 14.7 Å². The van der Waals surface area contributed by atoms with Gasteiger partial charge in [0.1, 0.15) is 11.8 Å². The molecule has 0 aliphatic rings. The van der Waals surface area contributed by atoms with Crippen molar-refractivity contribution in [1.82, 2.24) is 4.98 Å². The van der Waals surface area contributed by atoms with E-state index in [-0.39, 0.29) is 5.69 Å². The number of carboxylic acid groups (broad SMARTS) is 1. The Hall–Kier alpha value is -3.77. The number of hydrogen-bond donors (Lipinski definition) is 2. The van der Waals surface area contributed by atoms with Gasteiger partial charge in [0.05, 0.1) is 5.69 Å². The van der Waals surface area contributed by atoms with Crippen LogP contribution >= 0.6 is 11.3 Å². The predicted octanol–water partition coefficient (Wildman–Crippen LogP) is 4.91. The van der Waals surface area contributed by atoms with Crippen LogP contribution in [-0.2, 0) is 15.1 Å². The van der Waals surface area contributed by atoms with Crippen LogP contribution in [-0.4, -0.2) is 22.3 Å². The lowest BCUT2D eigenvalue weighted by Gasteiger charge is -2.36. The number of aromatic nitrogens is 1. The third-order valence-electron chi connectivity index (χ3n) is 5.16. The van der Waals surface area contributed by atoms with E-state index in [0.717, 1.165) is 16.7 Å². The molecule has 0 amide bonds. The fourth-order valence-corrected chi connectivity index (χ4v) is 4.48. The maximum atomic E-state index is 11.4. The minimum absolute atomic E-state index is 0.220. The van der Waals surface area contributed by atoms with Crippen molar-refractivity contribution in [2.75, 3.05) is 5.32 Å². The maximum absolute atomic E-state index is 11.4. The maximum Gasteiger partial charge on any atom is 0.319 e. The molecule has 0 saturated carbocycles. The number of thiazole rings is 1. The lowest BCUT2D eigenvalue weighted by molar-refractivity contribution is -0.140. The molecule has 6 heteroatoms. The smallest absolute Gasteiger partial charge is 0.319 e. The quantitative estimate of drug-likeness (QED) is 0.237. The topological polar surface area (TPSA) is 79.3 Å². The highest BCUT2D eigenvalue weighted by Crippen LogP contribution is 2.40. The Labute approximate surface area is 184 Å². The monoisotopic (exact) mass is 428 g/mol. The summed E-state index contributed by atoms with van der Waals surface area (Å²) in [5.74, 6) is -2.50. The third kappa shape index (κ3) is 3.98. The van der Waals surface area contributed by atoms with Crippen LogP contribution in [0.15, 0.2) is 96.4 Å².